The number of hydrogen-bond donors (Lipinski definition) is 4. The van der Waals surface area contributed by atoms with E-state index in [4.69, 9.17) is 24.8 Å². The molecule has 0 rings (SSSR count). The molecule has 0 unspecified atom stereocenters. The summed E-state index contributed by atoms with van der Waals surface area (Å²) in [4.78, 5) is 34.2. The summed E-state index contributed by atoms with van der Waals surface area (Å²) in [7, 11) is -9.68. The minimum atomic E-state index is -4.84. The fraction of sp³-hybridized carbons (Fsp3) is 0.750. The van der Waals surface area contributed by atoms with Crippen LogP contribution in [0.3, 0.4) is 0 Å². The first-order valence-electron chi connectivity index (χ1n) is 3.17. The van der Waals surface area contributed by atoms with E-state index in [0.29, 0.717) is 0 Å². The Morgan fingerprint density at radius 1 is 1.15 bits per heavy atom. The van der Waals surface area contributed by atoms with E-state index in [-0.39, 0.29) is 6.42 Å². The minimum absolute atomic E-state index is 0.305. The average Bonchev–Trinajstić information content (AvgIpc) is 1.81. The molecule has 0 spiro atoms. The Labute approximate surface area is 74.3 Å². The van der Waals surface area contributed by atoms with E-state index in [1.807, 2.05) is 0 Å². The maximum atomic E-state index is 10.6. The molecule has 0 aliphatic heterocycles. The molecule has 0 saturated carbocycles. The van der Waals surface area contributed by atoms with Crippen molar-refractivity contribution < 1.29 is 28.7 Å². The molecule has 0 fully saturated rings. The fourth-order valence-electron chi connectivity index (χ4n) is 0.726. The SMILES string of the molecule is N#CCCC(P(=O)(O)O)P(=O)(O)O. The Hall–Kier alpha value is -0.210. The minimum Gasteiger partial charge on any atom is -0.324 e. The van der Waals surface area contributed by atoms with Crippen LogP contribution in [0.1, 0.15) is 12.8 Å². The maximum Gasteiger partial charge on any atom is 0.340 e. The number of nitrogens with zero attached hydrogens (tertiary/aromatic N) is 1. The van der Waals surface area contributed by atoms with Crippen LogP contribution in [-0.4, -0.2) is 25.0 Å². The lowest BCUT2D eigenvalue weighted by Gasteiger charge is -2.17. The van der Waals surface area contributed by atoms with Crippen LogP contribution >= 0.6 is 15.2 Å². The first-order valence-corrected chi connectivity index (χ1v) is 6.53. The highest BCUT2D eigenvalue weighted by molar-refractivity contribution is 7.70. The Morgan fingerprint density at radius 3 is 1.77 bits per heavy atom. The van der Waals surface area contributed by atoms with Gasteiger partial charge in [-0.2, -0.15) is 5.26 Å². The van der Waals surface area contributed by atoms with Crippen LogP contribution < -0.4 is 0 Å². The zero-order chi connectivity index (χ0) is 10.7. The zero-order valence-electron chi connectivity index (χ0n) is 6.44. The Kier molecular flexibility index (Phi) is 4.27. The number of nitriles is 1. The van der Waals surface area contributed by atoms with Crippen molar-refractivity contribution in [1.82, 2.24) is 0 Å². The van der Waals surface area contributed by atoms with Gasteiger partial charge >= 0.3 is 15.2 Å². The number of rotatable bonds is 4. The highest BCUT2D eigenvalue weighted by Crippen LogP contribution is 2.61. The monoisotopic (exact) mass is 229 g/mol. The lowest BCUT2D eigenvalue weighted by atomic mass is 10.4. The number of hydrogen-bond acceptors (Lipinski definition) is 3. The van der Waals surface area contributed by atoms with Crippen LogP contribution in [0, 0.1) is 11.3 Å². The lowest BCUT2D eigenvalue weighted by Crippen LogP contribution is -2.08. The van der Waals surface area contributed by atoms with Crippen molar-refractivity contribution in [2.45, 2.75) is 18.2 Å². The molecule has 0 aromatic carbocycles. The third-order valence-electron chi connectivity index (χ3n) is 1.29. The van der Waals surface area contributed by atoms with E-state index in [1.165, 1.54) is 0 Å². The summed E-state index contributed by atoms with van der Waals surface area (Å²) in [5.41, 5.74) is 0. The van der Waals surface area contributed by atoms with Crippen LogP contribution in [0.4, 0.5) is 0 Å². The van der Waals surface area contributed by atoms with Gasteiger partial charge in [0.15, 0.2) is 5.40 Å². The summed E-state index contributed by atoms with van der Waals surface area (Å²) >= 11 is 0. The molecule has 0 aromatic heterocycles. The highest BCUT2D eigenvalue weighted by Gasteiger charge is 2.42. The highest BCUT2D eigenvalue weighted by atomic mass is 31.2. The van der Waals surface area contributed by atoms with Gasteiger partial charge in [0.2, 0.25) is 0 Å². The molecule has 0 amide bonds. The molecule has 0 atom stereocenters. The van der Waals surface area contributed by atoms with Gasteiger partial charge in [-0.3, -0.25) is 9.13 Å². The predicted molar refractivity (Wildman–Crippen MR) is 42.7 cm³/mol. The van der Waals surface area contributed by atoms with Crippen molar-refractivity contribution >= 4 is 15.2 Å². The predicted octanol–water partition coefficient (Wildman–Crippen LogP) is -0.0283. The second-order valence-corrected chi connectivity index (χ2v) is 6.37. The Balaban J connectivity index is 4.71. The summed E-state index contributed by atoms with van der Waals surface area (Å²) in [6.45, 7) is 0. The van der Waals surface area contributed by atoms with Gasteiger partial charge in [-0.1, -0.05) is 0 Å². The molecule has 76 valence electrons. The van der Waals surface area contributed by atoms with Gasteiger partial charge in [-0.25, -0.2) is 0 Å². The normalized spacial score (nSPS) is 12.9. The average molecular weight is 229 g/mol. The van der Waals surface area contributed by atoms with Crippen molar-refractivity contribution in [3.63, 3.8) is 0 Å². The quantitative estimate of drug-likeness (QED) is 0.496. The standard InChI is InChI=1S/C4H9NO6P2/c5-3-1-2-4(12(6,7)8)13(9,10)11/h4H,1-2H2,(H2,6,7,8)(H2,9,10,11). The van der Waals surface area contributed by atoms with Crippen molar-refractivity contribution in [2.24, 2.45) is 0 Å². The summed E-state index contributed by atoms with van der Waals surface area (Å²) < 4.78 is 21.2. The fourth-order valence-corrected chi connectivity index (χ4v) is 3.22. The van der Waals surface area contributed by atoms with Crippen LogP contribution in [0.25, 0.3) is 0 Å². The molecule has 0 radical (unpaired) electrons. The molecule has 0 saturated heterocycles. The largest absolute Gasteiger partial charge is 0.340 e. The van der Waals surface area contributed by atoms with Gasteiger partial charge < -0.3 is 19.6 Å². The smallest absolute Gasteiger partial charge is 0.324 e. The summed E-state index contributed by atoms with van der Waals surface area (Å²) in [6.07, 6.45) is -0.814. The Morgan fingerprint density at radius 2 is 1.54 bits per heavy atom. The molecule has 9 heteroatoms. The van der Waals surface area contributed by atoms with E-state index < -0.39 is 27.0 Å². The Bertz CT molecular complexity index is 274. The molecular formula is C4H9NO6P2. The van der Waals surface area contributed by atoms with Gasteiger partial charge in [-0.05, 0) is 6.42 Å². The first kappa shape index (κ1) is 12.8. The van der Waals surface area contributed by atoms with E-state index in [0.717, 1.165) is 0 Å². The second kappa shape index (κ2) is 4.34. The van der Waals surface area contributed by atoms with Crippen molar-refractivity contribution in [1.29, 1.82) is 5.26 Å². The topological polar surface area (TPSA) is 139 Å². The first-order chi connectivity index (χ1) is 5.69. The van der Waals surface area contributed by atoms with Crippen LogP contribution in [0.2, 0.25) is 0 Å². The van der Waals surface area contributed by atoms with Gasteiger partial charge in [0.1, 0.15) is 0 Å². The van der Waals surface area contributed by atoms with E-state index in [1.54, 1.807) is 6.07 Å². The lowest BCUT2D eigenvalue weighted by molar-refractivity contribution is 0.336. The summed E-state index contributed by atoms with van der Waals surface area (Å²) in [6, 6.07) is 1.56. The van der Waals surface area contributed by atoms with Crippen molar-refractivity contribution in [2.75, 3.05) is 0 Å². The van der Waals surface area contributed by atoms with Gasteiger partial charge in [0, 0.05) is 6.42 Å². The summed E-state index contributed by atoms with van der Waals surface area (Å²) in [5.74, 6) is 0. The van der Waals surface area contributed by atoms with E-state index >= 15 is 0 Å². The van der Waals surface area contributed by atoms with Crippen molar-refractivity contribution in [3.8, 4) is 6.07 Å². The van der Waals surface area contributed by atoms with Crippen LogP contribution in [-0.2, 0) is 9.13 Å². The third-order valence-corrected chi connectivity index (χ3v) is 5.17. The second-order valence-electron chi connectivity index (χ2n) is 2.36. The van der Waals surface area contributed by atoms with Gasteiger partial charge in [0.05, 0.1) is 6.07 Å². The molecule has 13 heavy (non-hydrogen) atoms. The van der Waals surface area contributed by atoms with Crippen LogP contribution in [0.15, 0.2) is 0 Å². The van der Waals surface area contributed by atoms with Crippen LogP contribution in [0.5, 0.6) is 0 Å². The van der Waals surface area contributed by atoms with E-state index in [9.17, 15) is 9.13 Å². The molecule has 0 aliphatic carbocycles. The van der Waals surface area contributed by atoms with Crippen molar-refractivity contribution in [3.05, 3.63) is 0 Å². The maximum absolute atomic E-state index is 10.6. The van der Waals surface area contributed by atoms with Gasteiger partial charge in [0.25, 0.3) is 0 Å². The molecule has 7 nitrogen and oxygen atoms in total. The zero-order valence-corrected chi connectivity index (χ0v) is 8.23. The molecule has 0 aromatic rings. The molecule has 0 bridgehead atoms. The molecule has 0 heterocycles. The summed E-state index contributed by atoms with van der Waals surface area (Å²) in [5, 5.41) is 6.03. The van der Waals surface area contributed by atoms with Gasteiger partial charge in [-0.15, -0.1) is 0 Å². The molecule has 4 N–H and O–H groups in total. The third kappa shape index (κ3) is 4.53. The molecular weight excluding hydrogens is 220 g/mol. The molecule has 0 aliphatic rings. The van der Waals surface area contributed by atoms with E-state index in [2.05, 4.69) is 0 Å².